The molecule has 6 nitrogen and oxygen atoms in total. The summed E-state index contributed by atoms with van der Waals surface area (Å²) in [5, 5.41) is 12.0. The van der Waals surface area contributed by atoms with Gasteiger partial charge in [-0.25, -0.2) is 14.0 Å². The monoisotopic (exact) mass is 283 g/mol. The fraction of sp³-hybridized carbons (Fsp3) is 0.385. The summed E-state index contributed by atoms with van der Waals surface area (Å²) in [6, 6.07) is 3.74. The highest BCUT2D eigenvalue weighted by atomic mass is 19.1. The second-order valence-corrected chi connectivity index (χ2v) is 4.50. The Morgan fingerprint density at radius 3 is 2.75 bits per heavy atom. The summed E-state index contributed by atoms with van der Waals surface area (Å²) in [6.45, 7) is 0.324. The molecular formula is C13H14FNO5. The van der Waals surface area contributed by atoms with Gasteiger partial charge in [-0.15, -0.1) is 0 Å². The topological polar surface area (TPSA) is 84.9 Å². The molecule has 0 amide bonds. The van der Waals surface area contributed by atoms with E-state index >= 15 is 0 Å². The van der Waals surface area contributed by atoms with Crippen LogP contribution in [-0.4, -0.2) is 42.9 Å². The predicted molar refractivity (Wildman–Crippen MR) is 67.2 cm³/mol. The van der Waals surface area contributed by atoms with E-state index in [9.17, 15) is 19.1 Å². The van der Waals surface area contributed by atoms with Crippen molar-refractivity contribution in [2.75, 3.05) is 25.6 Å². The minimum Gasteiger partial charge on any atom is -0.479 e. The van der Waals surface area contributed by atoms with Crippen molar-refractivity contribution >= 4 is 17.6 Å². The van der Waals surface area contributed by atoms with Crippen molar-refractivity contribution in [2.24, 2.45) is 0 Å². The van der Waals surface area contributed by atoms with E-state index in [1.54, 1.807) is 0 Å². The number of hydrogen-bond donors (Lipinski definition) is 2. The smallest absolute Gasteiger partial charge is 0.340 e. The van der Waals surface area contributed by atoms with Crippen molar-refractivity contribution in [3.63, 3.8) is 0 Å². The maximum Gasteiger partial charge on any atom is 0.340 e. The van der Waals surface area contributed by atoms with Crippen LogP contribution >= 0.6 is 0 Å². The van der Waals surface area contributed by atoms with Crippen molar-refractivity contribution in [1.29, 1.82) is 0 Å². The number of anilines is 1. The first kappa shape index (κ1) is 14.3. The van der Waals surface area contributed by atoms with Gasteiger partial charge in [0.25, 0.3) is 0 Å². The van der Waals surface area contributed by atoms with Gasteiger partial charge in [-0.2, -0.15) is 0 Å². The third kappa shape index (κ3) is 2.57. The van der Waals surface area contributed by atoms with Gasteiger partial charge in [-0.05, 0) is 18.2 Å². The van der Waals surface area contributed by atoms with E-state index in [1.165, 1.54) is 12.1 Å². The number of esters is 1. The molecule has 1 aliphatic heterocycles. The standard InChI is InChI=1S/C13H14FNO5/c1-19-11(16)9-3-2-8(6-10(9)14)15-13(12(17)18)4-5-20-7-13/h2-3,6,15H,4-5,7H2,1H3,(H,17,18)/t13-/m1/s1. The molecular weight excluding hydrogens is 269 g/mol. The summed E-state index contributed by atoms with van der Waals surface area (Å²) in [6.07, 6.45) is 0.280. The first-order valence-corrected chi connectivity index (χ1v) is 5.96. The van der Waals surface area contributed by atoms with Crippen LogP contribution in [0.5, 0.6) is 0 Å². The zero-order chi connectivity index (χ0) is 14.8. The zero-order valence-electron chi connectivity index (χ0n) is 10.8. The lowest BCUT2D eigenvalue weighted by atomic mass is 9.98. The lowest BCUT2D eigenvalue weighted by Crippen LogP contribution is -2.47. The van der Waals surface area contributed by atoms with Crippen LogP contribution in [0, 0.1) is 5.82 Å². The van der Waals surface area contributed by atoms with Crippen molar-refractivity contribution < 1.29 is 28.6 Å². The van der Waals surface area contributed by atoms with E-state index in [4.69, 9.17) is 4.74 Å². The van der Waals surface area contributed by atoms with E-state index < -0.39 is 23.3 Å². The van der Waals surface area contributed by atoms with Crippen molar-refractivity contribution in [1.82, 2.24) is 0 Å². The molecule has 2 rings (SSSR count). The third-order valence-electron chi connectivity index (χ3n) is 3.19. The van der Waals surface area contributed by atoms with E-state index in [1.807, 2.05) is 0 Å². The molecule has 1 saturated heterocycles. The SMILES string of the molecule is COC(=O)c1ccc(N[C@]2(C(=O)O)CCOC2)cc1F. The highest BCUT2D eigenvalue weighted by Gasteiger charge is 2.42. The fourth-order valence-corrected chi connectivity index (χ4v) is 2.03. The molecule has 0 unspecified atom stereocenters. The quantitative estimate of drug-likeness (QED) is 0.809. The highest BCUT2D eigenvalue weighted by molar-refractivity contribution is 5.90. The van der Waals surface area contributed by atoms with Gasteiger partial charge >= 0.3 is 11.9 Å². The molecule has 1 aromatic carbocycles. The van der Waals surface area contributed by atoms with Crippen LogP contribution < -0.4 is 5.32 Å². The highest BCUT2D eigenvalue weighted by Crippen LogP contribution is 2.26. The summed E-state index contributed by atoms with van der Waals surface area (Å²) < 4.78 is 23.3. The molecule has 108 valence electrons. The number of aliphatic carboxylic acids is 1. The molecule has 0 aliphatic carbocycles. The summed E-state index contributed by atoms with van der Waals surface area (Å²) in [4.78, 5) is 22.6. The molecule has 0 spiro atoms. The summed E-state index contributed by atoms with van der Waals surface area (Å²) in [5.41, 5.74) is -1.20. The molecule has 1 aliphatic rings. The third-order valence-corrected chi connectivity index (χ3v) is 3.19. The Labute approximate surface area is 114 Å². The van der Waals surface area contributed by atoms with Crippen LogP contribution in [0.1, 0.15) is 16.8 Å². The van der Waals surface area contributed by atoms with Crippen molar-refractivity contribution in [2.45, 2.75) is 12.0 Å². The van der Waals surface area contributed by atoms with Crippen LogP contribution in [0.15, 0.2) is 18.2 Å². The fourth-order valence-electron chi connectivity index (χ4n) is 2.03. The van der Waals surface area contributed by atoms with Gasteiger partial charge in [0.15, 0.2) is 5.54 Å². The average molecular weight is 283 g/mol. The van der Waals surface area contributed by atoms with Crippen molar-refractivity contribution in [3.05, 3.63) is 29.6 Å². The Bertz CT molecular complexity index is 540. The van der Waals surface area contributed by atoms with Gasteiger partial charge < -0.3 is 19.9 Å². The normalized spacial score (nSPS) is 21.5. The lowest BCUT2D eigenvalue weighted by Gasteiger charge is -2.25. The van der Waals surface area contributed by atoms with E-state index in [0.717, 1.165) is 13.2 Å². The Balaban J connectivity index is 2.24. The predicted octanol–water partition coefficient (Wildman–Crippen LogP) is 1.27. The zero-order valence-corrected chi connectivity index (χ0v) is 10.8. The number of ether oxygens (including phenoxy) is 2. The second kappa shape index (κ2) is 5.46. The number of rotatable bonds is 4. The molecule has 2 N–H and O–H groups in total. The Kier molecular flexibility index (Phi) is 3.89. The number of methoxy groups -OCH3 is 1. The Morgan fingerprint density at radius 1 is 1.50 bits per heavy atom. The molecule has 20 heavy (non-hydrogen) atoms. The maximum atomic E-state index is 13.8. The van der Waals surface area contributed by atoms with E-state index in [2.05, 4.69) is 10.1 Å². The molecule has 7 heteroatoms. The molecule has 0 bridgehead atoms. The lowest BCUT2D eigenvalue weighted by molar-refractivity contribution is -0.142. The number of carbonyl (C=O) groups is 2. The number of nitrogens with one attached hydrogen (secondary N) is 1. The largest absolute Gasteiger partial charge is 0.479 e. The molecule has 1 atom stereocenters. The minimum absolute atomic E-state index is 0.00268. The Morgan fingerprint density at radius 2 is 2.25 bits per heavy atom. The molecule has 1 heterocycles. The number of hydrogen-bond acceptors (Lipinski definition) is 5. The first-order chi connectivity index (χ1) is 9.48. The Hall–Kier alpha value is -2.15. The minimum atomic E-state index is -1.26. The van der Waals surface area contributed by atoms with Crippen LogP contribution in [0.4, 0.5) is 10.1 Å². The van der Waals surface area contributed by atoms with E-state index in [0.29, 0.717) is 6.61 Å². The molecule has 0 aromatic heterocycles. The van der Waals surface area contributed by atoms with Crippen LogP contribution in [-0.2, 0) is 14.3 Å². The van der Waals surface area contributed by atoms with Gasteiger partial charge in [-0.3, -0.25) is 0 Å². The number of carboxylic acids is 1. The molecule has 1 aromatic rings. The number of halogens is 1. The van der Waals surface area contributed by atoms with Gasteiger partial charge in [0.1, 0.15) is 5.82 Å². The summed E-state index contributed by atoms with van der Waals surface area (Å²) >= 11 is 0. The first-order valence-electron chi connectivity index (χ1n) is 5.96. The summed E-state index contributed by atoms with van der Waals surface area (Å²) in [7, 11) is 1.16. The van der Waals surface area contributed by atoms with E-state index in [-0.39, 0.29) is 24.3 Å². The maximum absolute atomic E-state index is 13.8. The van der Waals surface area contributed by atoms with Crippen LogP contribution in [0.25, 0.3) is 0 Å². The van der Waals surface area contributed by atoms with Crippen molar-refractivity contribution in [3.8, 4) is 0 Å². The van der Waals surface area contributed by atoms with Gasteiger partial charge in [0, 0.05) is 18.7 Å². The molecule has 1 fully saturated rings. The van der Waals surface area contributed by atoms with Gasteiger partial charge in [-0.1, -0.05) is 0 Å². The second-order valence-electron chi connectivity index (χ2n) is 4.50. The van der Waals surface area contributed by atoms with Gasteiger partial charge in [0.2, 0.25) is 0 Å². The van der Waals surface area contributed by atoms with Crippen LogP contribution in [0.3, 0.4) is 0 Å². The molecule has 0 saturated carbocycles. The number of carboxylic acid groups (broad SMARTS) is 1. The average Bonchev–Trinajstić information content (AvgIpc) is 2.88. The molecule has 0 radical (unpaired) electrons. The summed E-state index contributed by atoms with van der Waals surface area (Å²) in [5.74, 6) is -2.63. The number of carbonyl (C=O) groups excluding carboxylic acids is 1. The number of benzene rings is 1. The van der Waals surface area contributed by atoms with Crippen LogP contribution in [0.2, 0.25) is 0 Å². The van der Waals surface area contributed by atoms with Gasteiger partial charge in [0.05, 0.1) is 19.3 Å².